The Hall–Kier alpha value is -1.48. The van der Waals surface area contributed by atoms with Crippen molar-refractivity contribution < 1.29 is 45.0 Å². The summed E-state index contributed by atoms with van der Waals surface area (Å²) in [4.78, 5) is 10.7. The molecule has 0 aromatic heterocycles. The van der Waals surface area contributed by atoms with Gasteiger partial charge in [0.05, 0.1) is 6.26 Å². The Labute approximate surface area is 103 Å². The van der Waals surface area contributed by atoms with Crippen molar-refractivity contribution in [3.63, 3.8) is 0 Å². The number of hydrogen-bond acceptors (Lipinski definition) is 3. The van der Waals surface area contributed by atoms with Crippen LogP contribution in [0.2, 0.25) is 0 Å². The second kappa shape index (κ2) is 6.11. The van der Waals surface area contributed by atoms with Crippen molar-refractivity contribution in [3.05, 3.63) is 12.8 Å². The van der Waals surface area contributed by atoms with E-state index in [0.29, 0.717) is 0 Å². The van der Waals surface area contributed by atoms with Gasteiger partial charge in [-0.2, -0.15) is 30.7 Å². The Morgan fingerprint density at radius 2 is 1.58 bits per heavy atom. The summed E-state index contributed by atoms with van der Waals surface area (Å²) in [5.74, 6) is -13.8. The lowest BCUT2D eigenvalue weighted by molar-refractivity contribution is -0.354. The Kier molecular flexibility index (Phi) is 5.63. The zero-order valence-electron chi connectivity index (χ0n) is 9.28. The third-order valence-corrected chi connectivity index (χ3v) is 1.76. The summed E-state index contributed by atoms with van der Waals surface area (Å²) in [6.45, 7) is 2.21. The molecule has 112 valence electrons. The molecule has 0 aliphatic rings. The van der Waals surface area contributed by atoms with E-state index in [0.717, 1.165) is 6.26 Å². The van der Waals surface area contributed by atoms with Gasteiger partial charge < -0.3 is 9.47 Å². The van der Waals surface area contributed by atoms with Gasteiger partial charge in [0.15, 0.2) is 0 Å². The van der Waals surface area contributed by atoms with Crippen molar-refractivity contribution in [3.8, 4) is 0 Å². The van der Waals surface area contributed by atoms with Crippen molar-refractivity contribution in [2.45, 2.75) is 24.4 Å². The number of carbonyl (C=O) groups excluding carboxylic acids is 1. The second-order valence-electron chi connectivity index (χ2n) is 3.21. The van der Waals surface area contributed by atoms with Crippen LogP contribution in [0.25, 0.3) is 0 Å². The fraction of sp³-hybridized carbons (Fsp3) is 0.667. The van der Waals surface area contributed by atoms with Gasteiger partial charge in [0.25, 0.3) is 0 Å². The minimum Gasteiger partial charge on any atom is -0.498 e. The van der Waals surface area contributed by atoms with Crippen molar-refractivity contribution in [1.29, 1.82) is 0 Å². The lowest BCUT2D eigenvalue weighted by Crippen LogP contribution is -2.52. The summed E-state index contributed by atoms with van der Waals surface area (Å²) in [5.41, 5.74) is 0. The molecule has 0 saturated heterocycles. The van der Waals surface area contributed by atoms with Crippen LogP contribution in [0, 0.1) is 0 Å². The zero-order valence-corrected chi connectivity index (χ0v) is 9.28. The topological polar surface area (TPSA) is 35.5 Å². The smallest absolute Gasteiger partial charge is 0.459 e. The van der Waals surface area contributed by atoms with E-state index >= 15 is 0 Å². The number of ether oxygens (including phenoxy) is 2. The summed E-state index contributed by atoms with van der Waals surface area (Å²) >= 11 is 0. The third-order valence-electron chi connectivity index (χ3n) is 1.76. The molecule has 0 aliphatic heterocycles. The summed E-state index contributed by atoms with van der Waals surface area (Å²) in [6, 6.07) is 0. The third kappa shape index (κ3) is 4.60. The van der Waals surface area contributed by atoms with Crippen LogP contribution in [-0.2, 0) is 14.3 Å². The number of rotatable bonds is 7. The largest absolute Gasteiger partial charge is 0.498 e. The van der Waals surface area contributed by atoms with Gasteiger partial charge in [-0.25, -0.2) is 0 Å². The molecular weight excluding hydrogens is 289 g/mol. The average Bonchev–Trinajstić information content (AvgIpc) is 2.22. The Morgan fingerprint density at radius 3 is 2.00 bits per heavy atom. The van der Waals surface area contributed by atoms with Gasteiger partial charge in [-0.1, -0.05) is 6.58 Å². The summed E-state index contributed by atoms with van der Waals surface area (Å²) in [6.07, 6.45) is -7.93. The van der Waals surface area contributed by atoms with Gasteiger partial charge >= 0.3 is 24.0 Å². The molecule has 0 spiro atoms. The molecule has 0 rings (SSSR count). The standard InChI is InChI=1S/C9H9F7O3/c1-2-18-3-4-19-6(17)5-7(10,11)8(12,13)9(14,15)16/h2H,1,3-5H2. The van der Waals surface area contributed by atoms with Crippen LogP contribution in [0.3, 0.4) is 0 Å². The molecule has 0 radical (unpaired) electrons. The maximum Gasteiger partial charge on any atom is 0.459 e. The SMILES string of the molecule is C=COCCOC(=O)CC(F)(F)C(F)(F)C(F)(F)F. The summed E-state index contributed by atoms with van der Waals surface area (Å²) in [7, 11) is 0. The van der Waals surface area contributed by atoms with E-state index in [1.807, 2.05) is 0 Å². The summed E-state index contributed by atoms with van der Waals surface area (Å²) in [5, 5.41) is 0. The van der Waals surface area contributed by atoms with Crippen LogP contribution in [-0.4, -0.2) is 37.2 Å². The van der Waals surface area contributed by atoms with Crippen LogP contribution >= 0.6 is 0 Å². The van der Waals surface area contributed by atoms with Crippen molar-refractivity contribution in [2.24, 2.45) is 0 Å². The normalized spacial score (nSPS) is 13.0. The van der Waals surface area contributed by atoms with E-state index in [1.165, 1.54) is 0 Å². The quantitative estimate of drug-likeness (QED) is 0.314. The fourth-order valence-electron chi connectivity index (χ4n) is 0.838. The van der Waals surface area contributed by atoms with E-state index < -0.39 is 37.0 Å². The highest BCUT2D eigenvalue weighted by Crippen LogP contribution is 2.48. The molecule has 0 N–H and O–H groups in total. The molecule has 0 saturated carbocycles. The molecule has 19 heavy (non-hydrogen) atoms. The second-order valence-corrected chi connectivity index (χ2v) is 3.21. The minimum atomic E-state index is -6.47. The molecule has 0 bridgehead atoms. The van der Waals surface area contributed by atoms with E-state index in [4.69, 9.17) is 0 Å². The predicted octanol–water partition coefficient (Wildman–Crippen LogP) is 2.91. The monoisotopic (exact) mass is 298 g/mol. The molecule has 0 unspecified atom stereocenters. The number of esters is 1. The first kappa shape index (κ1) is 17.5. The van der Waals surface area contributed by atoms with Crippen LogP contribution < -0.4 is 0 Å². The fourth-order valence-corrected chi connectivity index (χ4v) is 0.838. The first-order valence-electron chi connectivity index (χ1n) is 4.66. The first-order valence-corrected chi connectivity index (χ1v) is 4.66. The molecule has 0 heterocycles. The van der Waals surface area contributed by atoms with Crippen molar-refractivity contribution in [2.75, 3.05) is 13.2 Å². The average molecular weight is 298 g/mol. The molecule has 10 heteroatoms. The van der Waals surface area contributed by atoms with Gasteiger partial charge in [-0.05, 0) is 0 Å². The number of alkyl halides is 7. The molecule has 0 aromatic carbocycles. The number of carbonyl (C=O) groups is 1. The molecule has 0 atom stereocenters. The molecule has 3 nitrogen and oxygen atoms in total. The Morgan fingerprint density at radius 1 is 1.05 bits per heavy atom. The van der Waals surface area contributed by atoms with Gasteiger partial charge in [0, 0.05) is 0 Å². The summed E-state index contributed by atoms with van der Waals surface area (Å²) < 4.78 is 93.7. The molecule has 0 amide bonds. The lowest BCUT2D eigenvalue weighted by atomic mass is 10.1. The van der Waals surface area contributed by atoms with Crippen LogP contribution in [0.15, 0.2) is 12.8 Å². The van der Waals surface area contributed by atoms with Crippen LogP contribution in [0.4, 0.5) is 30.7 Å². The highest BCUT2D eigenvalue weighted by Gasteiger charge is 2.73. The molecule has 0 aliphatic carbocycles. The number of halogens is 7. The van der Waals surface area contributed by atoms with Gasteiger partial charge in [0.1, 0.15) is 19.6 Å². The van der Waals surface area contributed by atoms with Crippen molar-refractivity contribution in [1.82, 2.24) is 0 Å². The highest BCUT2D eigenvalue weighted by molar-refractivity contribution is 5.70. The van der Waals surface area contributed by atoms with Crippen LogP contribution in [0.1, 0.15) is 6.42 Å². The highest BCUT2D eigenvalue weighted by atomic mass is 19.4. The van der Waals surface area contributed by atoms with Gasteiger partial charge in [0.2, 0.25) is 0 Å². The molecular formula is C9H9F7O3. The first-order chi connectivity index (χ1) is 8.45. The van der Waals surface area contributed by atoms with E-state index in [1.54, 1.807) is 0 Å². The predicted molar refractivity (Wildman–Crippen MR) is 47.7 cm³/mol. The van der Waals surface area contributed by atoms with Gasteiger partial charge in [-0.3, -0.25) is 4.79 Å². The number of hydrogen-bond donors (Lipinski definition) is 0. The molecule has 0 aromatic rings. The lowest BCUT2D eigenvalue weighted by Gasteiger charge is -2.27. The van der Waals surface area contributed by atoms with E-state index in [2.05, 4.69) is 16.1 Å². The zero-order chi connectivity index (χ0) is 15.3. The van der Waals surface area contributed by atoms with E-state index in [9.17, 15) is 35.5 Å². The van der Waals surface area contributed by atoms with E-state index in [-0.39, 0.29) is 6.61 Å². The van der Waals surface area contributed by atoms with Crippen LogP contribution in [0.5, 0.6) is 0 Å². The Balaban J connectivity index is 4.52. The van der Waals surface area contributed by atoms with Gasteiger partial charge in [-0.15, -0.1) is 0 Å². The maximum absolute atomic E-state index is 12.7. The maximum atomic E-state index is 12.7. The minimum absolute atomic E-state index is 0.295. The Bertz CT molecular complexity index is 324. The molecule has 0 fully saturated rings. The van der Waals surface area contributed by atoms with Crippen molar-refractivity contribution >= 4 is 5.97 Å².